The molecular formula is C26H28. The lowest BCUT2D eigenvalue weighted by Gasteiger charge is -2.38. The summed E-state index contributed by atoms with van der Waals surface area (Å²) in [6.45, 7) is 9.10. The molecule has 0 spiro atoms. The highest BCUT2D eigenvalue weighted by molar-refractivity contribution is 5.90. The molecule has 4 rings (SSSR count). The maximum atomic E-state index is 4.44. The standard InChI is InChI=1S/C26H28/c1-4-26(5-2)17-19(3)25-16-23(13-14-24(25)18-26)22-12-11-21(15-22)20-9-7-6-8-10-20/h6-11,13-16H,3-5,12,17-18H2,1-2H3. The Kier molecular flexibility index (Phi) is 4.44. The number of rotatable bonds is 4. The summed E-state index contributed by atoms with van der Waals surface area (Å²) in [5.74, 6) is 0. The zero-order valence-corrected chi connectivity index (χ0v) is 16.0. The zero-order valence-electron chi connectivity index (χ0n) is 16.0. The van der Waals surface area contributed by atoms with Gasteiger partial charge in [-0.15, -0.1) is 0 Å². The molecule has 26 heavy (non-hydrogen) atoms. The van der Waals surface area contributed by atoms with Crippen molar-refractivity contribution >= 4 is 16.7 Å². The molecule has 0 nitrogen and oxygen atoms in total. The van der Waals surface area contributed by atoms with Crippen LogP contribution in [0.4, 0.5) is 0 Å². The van der Waals surface area contributed by atoms with E-state index >= 15 is 0 Å². The normalized spacial score (nSPS) is 18.3. The van der Waals surface area contributed by atoms with Crippen LogP contribution in [0.5, 0.6) is 0 Å². The van der Waals surface area contributed by atoms with Crippen molar-refractivity contribution < 1.29 is 0 Å². The molecule has 0 aromatic heterocycles. The van der Waals surface area contributed by atoms with Crippen LogP contribution in [-0.4, -0.2) is 0 Å². The monoisotopic (exact) mass is 340 g/mol. The van der Waals surface area contributed by atoms with Crippen molar-refractivity contribution in [3.05, 3.63) is 89.5 Å². The molecule has 0 fully saturated rings. The summed E-state index contributed by atoms with van der Waals surface area (Å²) in [4.78, 5) is 0. The van der Waals surface area contributed by atoms with Crippen molar-refractivity contribution in [3.63, 3.8) is 0 Å². The molecule has 0 radical (unpaired) electrons. The molecule has 0 aliphatic heterocycles. The van der Waals surface area contributed by atoms with Crippen LogP contribution in [0.25, 0.3) is 16.7 Å². The molecule has 2 aliphatic rings. The van der Waals surface area contributed by atoms with Gasteiger partial charge in [-0.3, -0.25) is 0 Å². The van der Waals surface area contributed by atoms with Crippen molar-refractivity contribution in [1.82, 2.24) is 0 Å². The van der Waals surface area contributed by atoms with E-state index in [1.807, 2.05) is 0 Å². The van der Waals surface area contributed by atoms with Gasteiger partial charge in [0.2, 0.25) is 0 Å². The minimum atomic E-state index is 0.417. The molecule has 2 aliphatic carbocycles. The Morgan fingerprint density at radius 3 is 2.42 bits per heavy atom. The molecule has 0 atom stereocenters. The van der Waals surface area contributed by atoms with Crippen molar-refractivity contribution in [2.75, 3.05) is 0 Å². The number of hydrogen-bond acceptors (Lipinski definition) is 0. The average Bonchev–Trinajstić information content (AvgIpc) is 3.18. The van der Waals surface area contributed by atoms with E-state index in [1.54, 1.807) is 0 Å². The lowest BCUT2D eigenvalue weighted by atomic mass is 9.66. The number of allylic oxidation sites excluding steroid dienone is 5. The maximum absolute atomic E-state index is 4.44. The second-order valence-electron chi connectivity index (χ2n) is 7.94. The highest BCUT2D eigenvalue weighted by Crippen LogP contribution is 2.46. The Morgan fingerprint density at radius 1 is 0.923 bits per heavy atom. The van der Waals surface area contributed by atoms with Crippen molar-refractivity contribution in [1.29, 1.82) is 0 Å². The number of fused-ring (bicyclic) bond motifs is 1. The molecule has 0 N–H and O–H groups in total. The zero-order chi connectivity index (χ0) is 18.1. The third kappa shape index (κ3) is 2.98. The molecule has 0 heteroatoms. The molecule has 0 heterocycles. The van der Waals surface area contributed by atoms with Crippen LogP contribution in [0.1, 0.15) is 61.8 Å². The van der Waals surface area contributed by atoms with Gasteiger partial charge in [-0.1, -0.05) is 75.0 Å². The summed E-state index contributed by atoms with van der Waals surface area (Å²) in [6.07, 6.45) is 10.5. The Hall–Kier alpha value is -2.34. The molecule has 0 saturated carbocycles. The van der Waals surface area contributed by atoms with Crippen LogP contribution >= 0.6 is 0 Å². The molecule has 0 saturated heterocycles. The van der Waals surface area contributed by atoms with Gasteiger partial charge < -0.3 is 0 Å². The van der Waals surface area contributed by atoms with Gasteiger partial charge in [0.25, 0.3) is 0 Å². The van der Waals surface area contributed by atoms with Crippen molar-refractivity contribution in [3.8, 4) is 0 Å². The van der Waals surface area contributed by atoms with Crippen LogP contribution in [0.15, 0.2) is 67.3 Å². The Labute approximate surface area is 158 Å². The van der Waals surface area contributed by atoms with Crippen LogP contribution < -0.4 is 0 Å². The fraction of sp³-hybridized carbons (Fsp3) is 0.308. The number of hydrogen-bond donors (Lipinski definition) is 0. The van der Waals surface area contributed by atoms with E-state index in [4.69, 9.17) is 0 Å². The molecule has 0 amide bonds. The summed E-state index contributed by atoms with van der Waals surface area (Å²) in [5.41, 5.74) is 10.0. The van der Waals surface area contributed by atoms with Gasteiger partial charge in [-0.2, -0.15) is 0 Å². The molecule has 132 valence electrons. The smallest absolute Gasteiger partial charge is 0.00821 e. The van der Waals surface area contributed by atoms with Crippen LogP contribution in [0, 0.1) is 5.41 Å². The third-order valence-electron chi connectivity index (χ3n) is 6.49. The fourth-order valence-electron chi connectivity index (χ4n) is 4.58. The van der Waals surface area contributed by atoms with Gasteiger partial charge in [0.1, 0.15) is 0 Å². The predicted molar refractivity (Wildman–Crippen MR) is 114 cm³/mol. The second-order valence-corrected chi connectivity index (χ2v) is 7.94. The summed E-state index contributed by atoms with van der Waals surface area (Å²) >= 11 is 0. The topological polar surface area (TPSA) is 0 Å². The lowest BCUT2D eigenvalue weighted by molar-refractivity contribution is 0.261. The SMILES string of the molecule is C=C1CC(CC)(CC)Cc2ccc(C3=CC(c4ccccc4)=CC3)cc21. The average molecular weight is 341 g/mol. The van der Waals surface area contributed by atoms with Gasteiger partial charge in [-0.25, -0.2) is 0 Å². The van der Waals surface area contributed by atoms with Gasteiger partial charge >= 0.3 is 0 Å². The highest BCUT2D eigenvalue weighted by atomic mass is 14.4. The third-order valence-corrected chi connectivity index (χ3v) is 6.49. The first-order valence-corrected chi connectivity index (χ1v) is 9.92. The van der Waals surface area contributed by atoms with Crippen molar-refractivity contribution in [2.24, 2.45) is 5.41 Å². The summed E-state index contributed by atoms with van der Waals surface area (Å²) in [7, 11) is 0. The minimum absolute atomic E-state index is 0.417. The van der Waals surface area contributed by atoms with Crippen LogP contribution in [0.2, 0.25) is 0 Å². The van der Waals surface area contributed by atoms with E-state index in [2.05, 4.69) is 81.1 Å². The predicted octanol–water partition coefficient (Wildman–Crippen LogP) is 7.32. The van der Waals surface area contributed by atoms with Crippen LogP contribution in [0.3, 0.4) is 0 Å². The largest absolute Gasteiger partial charge is 0.0952 e. The second kappa shape index (κ2) is 6.76. The van der Waals surface area contributed by atoms with E-state index < -0.39 is 0 Å². The minimum Gasteiger partial charge on any atom is -0.0952 e. The first kappa shape index (κ1) is 17.1. The molecule has 2 aromatic rings. The summed E-state index contributed by atoms with van der Waals surface area (Å²) < 4.78 is 0. The fourth-order valence-corrected chi connectivity index (χ4v) is 4.58. The van der Waals surface area contributed by atoms with Gasteiger partial charge in [0.05, 0.1) is 0 Å². The summed E-state index contributed by atoms with van der Waals surface area (Å²) in [5, 5.41) is 0. The van der Waals surface area contributed by atoms with Crippen molar-refractivity contribution in [2.45, 2.75) is 46.0 Å². The van der Waals surface area contributed by atoms with E-state index in [0.717, 1.165) is 12.8 Å². The molecule has 2 aromatic carbocycles. The van der Waals surface area contributed by atoms with Gasteiger partial charge in [0.15, 0.2) is 0 Å². The first-order chi connectivity index (χ1) is 12.6. The molecule has 0 unspecified atom stereocenters. The first-order valence-electron chi connectivity index (χ1n) is 9.92. The Balaban J connectivity index is 1.63. The van der Waals surface area contributed by atoms with Gasteiger partial charge in [-0.05, 0) is 82.6 Å². The number of benzene rings is 2. The lowest BCUT2D eigenvalue weighted by Crippen LogP contribution is -2.26. The van der Waals surface area contributed by atoms with E-state index in [0.29, 0.717) is 5.41 Å². The van der Waals surface area contributed by atoms with E-state index in [-0.39, 0.29) is 0 Å². The summed E-state index contributed by atoms with van der Waals surface area (Å²) in [6, 6.07) is 17.7. The Bertz CT molecular complexity index is 889. The quantitative estimate of drug-likeness (QED) is 0.547. The highest BCUT2D eigenvalue weighted by Gasteiger charge is 2.33. The molecule has 0 bridgehead atoms. The van der Waals surface area contributed by atoms with E-state index in [1.165, 1.54) is 58.2 Å². The van der Waals surface area contributed by atoms with Gasteiger partial charge in [0, 0.05) is 0 Å². The molecular weight excluding hydrogens is 312 g/mol. The Morgan fingerprint density at radius 2 is 1.69 bits per heavy atom. The maximum Gasteiger partial charge on any atom is -0.00821 e. The van der Waals surface area contributed by atoms with E-state index in [9.17, 15) is 0 Å². The van der Waals surface area contributed by atoms with Crippen LogP contribution in [-0.2, 0) is 6.42 Å².